The van der Waals surface area contributed by atoms with Gasteiger partial charge < -0.3 is 10.2 Å². The molecule has 1 atom stereocenters. The van der Waals surface area contributed by atoms with Crippen LogP contribution in [-0.4, -0.2) is 51.0 Å². The first-order valence-electron chi connectivity index (χ1n) is 9.91. The van der Waals surface area contributed by atoms with Crippen LogP contribution in [0.15, 0.2) is 54.6 Å². The van der Waals surface area contributed by atoms with E-state index in [-0.39, 0.29) is 31.3 Å². The van der Waals surface area contributed by atoms with Gasteiger partial charge in [0.05, 0.1) is 11.9 Å². The Balaban J connectivity index is 2.11. The molecule has 1 unspecified atom stereocenters. The number of carbonyl (C=O) groups is 2. The van der Waals surface area contributed by atoms with Crippen LogP contribution in [0.3, 0.4) is 0 Å². The third kappa shape index (κ3) is 7.25. The van der Waals surface area contributed by atoms with E-state index in [0.29, 0.717) is 17.1 Å². The predicted molar refractivity (Wildman–Crippen MR) is 123 cm³/mol. The summed E-state index contributed by atoms with van der Waals surface area (Å²) in [6.45, 7) is 2.08. The molecule has 0 saturated heterocycles. The minimum absolute atomic E-state index is 0.105. The zero-order chi connectivity index (χ0) is 23.0. The summed E-state index contributed by atoms with van der Waals surface area (Å²) in [7, 11) is -1.97. The fourth-order valence-corrected chi connectivity index (χ4v) is 4.27. The van der Waals surface area contributed by atoms with Crippen LogP contribution in [0.25, 0.3) is 0 Å². The third-order valence-corrected chi connectivity index (χ3v) is 6.32. The van der Waals surface area contributed by atoms with E-state index in [4.69, 9.17) is 11.6 Å². The molecule has 0 saturated carbocycles. The highest BCUT2D eigenvalue weighted by Crippen LogP contribution is 2.19. The Kier molecular flexibility index (Phi) is 8.88. The molecule has 2 aromatic carbocycles. The first-order chi connectivity index (χ1) is 14.6. The van der Waals surface area contributed by atoms with E-state index in [1.54, 1.807) is 55.5 Å². The van der Waals surface area contributed by atoms with Crippen LogP contribution in [0.2, 0.25) is 5.02 Å². The molecule has 168 valence electrons. The number of anilines is 1. The SMILES string of the molecule is CNC(=O)C(C)N(Cc1ccc(Cl)cc1)C(=O)CCCN(c1ccccc1)S(C)(=O)=O. The van der Waals surface area contributed by atoms with Gasteiger partial charge >= 0.3 is 0 Å². The molecule has 0 heterocycles. The molecule has 2 rings (SSSR count). The Morgan fingerprint density at radius 2 is 1.68 bits per heavy atom. The van der Waals surface area contributed by atoms with Crippen molar-refractivity contribution in [2.24, 2.45) is 0 Å². The molecule has 0 spiro atoms. The zero-order valence-electron chi connectivity index (χ0n) is 17.9. The maximum atomic E-state index is 13.0. The highest BCUT2D eigenvalue weighted by Gasteiger charge is 2.26. The van der Waals surface area contributed by atoms with Gasteiger partial charge in [-0.05, 0) is 43.2 Å². The summed E-state index contributed by atoms with van der Waals surface area (Å²) < 4.78 is 25.7. The highest BCUT2D eigenvalue weighted by molar-refractivity contribution is 7.92. The van der Waals surface area contributed by atoms with Gasteiger partial charge in [-0.25, -0.2) is 8.42 Å². The lowest BCUT2D eigenvalue weighted by Gasteiger charge is -2.29. The minimum atomic E-state index is -3.49. The monoisotopic (exact) mass is 465 g/mol. The van der Waals surface area contributed by atoms with Gasteiger partial charge in [-0.3, -0.25) is 13.9 Å². The number of nitrogens with zero attached hydrogens (tertiary/aromatic N) is 2. The van der Waals surface area contributed by atoms with E-state index >= 15 is 0 Å². The Bertz CT molecular complexity index is 982. The van der Waals surface area contributed by atoms with Crippen molar-refractivity contribution in [1.29, 1.82) is 0 Å². The van der Waals surface area contributed by atoms with Crippen molar-refractivity contribution in [2.45, 2.75) is 32.4 Å². The first kappa shape index (κ1) is 24.7. The molecule has 31 heavy (non-hydrogen) atoms. The van der Waals surface area contributed by atoms with Gasteiger partial charge in [0.15, 0.2) is 0 Å². The van der Waals surface area contributed by atoms with Crippen LogP contribution >= 0.6 is 11.6 Å². The van der Waals surface area contributed by atoms with Crippen LogP contribution in [0.5, 0.6) is 0 Å². The topological polar surface area (TPSA) is 86.8 Å². The van der Waals surface area contributed by atoms with Crippen molar-refractivity contribution in [2.75, 3.05) is 24.2 Å². The number of hydrogen-bond acceptors (Lipinski definition) is 4. The summed E-state index contributed by atoms with van der Waals surface area (Å²) in [6.07, 6.45) is 1.56. The average molecular weight is 466 g/mol. The van der Waals surface area contributed by atoms with Gasteiger partial charge in [0.25, 0.3) is 0 Å². The van der Waals surface area contributed by atoms with Crippen molar-refractivity contribution in [3.63, 3.8) is 0 Å². The Morgan fingerprint density at radius 1 is 1.06 bits per heavy atom. The van der Waals surface area contributed by atoms with Gasteiger partial charge in [0.2, 0.25) is 21.8 Å². The molecular formula is C22H28ClN3O4S. The summed E-state index contributed by atoms with van der Waals surface area (Å²) in [5.41, 5.74) is 1.39. The molecule has 0 bridgehead atoms. The fourth-order valence-electron chi connectivity index (χ4n) is 3.18. The number of rotatable bonds is 10. The Morgan fingerprint density at radius 3 is 2.23 bits per heavy atom. The quantitative estimate of drug-likeness (QED) is 0.584. The second-order valence-corrected chi connectivity index (χ2v) is 9.56. The number of benzene rings is 2. The molecule has 0 aliphatic carbocycles. The average Bonchev–Trinajstić information content (AvgIpc) is 2.74. The van der Waals surface area contributed by atoms with Crippen molar-refractivity contribution < 1.29 is 18.0 Å². The lowest BCUT2D eigenvalue weighted by Crippen LogP contribution is -2.46. The summed E-state index contributed by atoms with van der Waals surface area (Å²) >= 11 is 5.93. The largest absolute Gasteiger partial charge is 0.357 e. The number of amides is 2. The second kappa shape index (κ2) is 11.2. The smallest absolute Gasteiger partial charge is 0.242 e. The van der Waals surface area contributed by atoms with E-state index in [9.17, 15) is 18.0 Å². The number of nitrogens with one attached hydrogen (secondary N) is 1. The van der Waals surface area contributed by atoms with Crippen molar-refractivity contribution in [3.8, 4) is 0 Å². The number of para-hydroxylation sites is 1. The summed E-state index contributed by atoms with van der Waals surface area (Å²) in [5.74, 6) is -0.503. The van der Waals surface area contributed by atoms with Gasteiger partial charge in [-0.15, -0.1) is 0 Å². The lowest BCUT2D eigenvalue weighted by molar-refractivity contribution is -0.140. The van der Waals surface area contributed by atoms with E-state index in [1.807, 2.05) is 6.07 Å². The van der Waals surface area contributed by atoms with Crippen LogP contribution in [0.4, 0.5) is 5.69 Å². The van der Waals surface area contributed by atoms with Crippen LogP contribution < -0.4 is 9.62 Å². The normalized spacial score (nSPS) is 12.1. The van der Waals surface area contributed by atoms with Crippen molar-refractivity contribution >= 4 is 39.1 Å². The van der Waals surface area contributed by atoms with Gasteiger partial charge in [0, 0.05) is 31.6 Å². The zero-order valence-corrected chi connectivity index (χ0v) is 19.5. The van der Waals surface area contributed by atoms with Gasteiger partial charge in [0.1, 0.15) is 6.04 Å². The molecular weight excluding hydrogens is 438 g/mol. The van der Waals surface area contributed by atoms with Crippen molar-refractivity contribution in [1.82, 2.24) is 10.2 Å². The molecule has 2 aromatic rings. The van der Waals surface area contributed by atoms with Crippen LogP contribution in [0, 0.1) is 0 Å². The minimum Gasteiger partial charge on any atom is -0.357 e. The fraction of sp³-hybridized carbons (Fsp3) is 0.364. The third-order valence-electron chi connectivity index (χ3n) is 4.88. The lowest BCUT2D eigenvalue weighted by atomic mass is 10.1. The summed E-state index contributed by atoms with van der Waals surface area (Å²) in [4.78, 5) is 26.7. The Labute approximate surface area is 189 Å². The number of likely N-dealkylation sites (N-methyl/N-ethyl adjacent to an activating group) is 1. The number of carbonyl (C=O) groups excluding carboxylic acids is 2. The molecule has 0 aliphatic rings. The molecule has 0 fully saturated rings. The standard InChI is InChI=1S/C22H28ClN3O4S/c1-17(22(28)24-2)25(16-18-11-13-19(23)14-12-18)21(27)10-7-15-26(31(3,29)30)20-8-5-4-6-9-20/h4-6,8-9,11-14,17H,7,10,15-16H2,1-3H3,(H,24,28). The number of halogens is 1. The molecule has 0 aliphatic heterocycles. The molecule has 7 nitrogen and oxygen atoms in total. The maximum absolute atomic E-state index is 13.0. The van der Waals surface area contributed by atoms with Gasteiger partial charge in [-0.1, -0.05) is 41.9 Å². The molecule has 0 radical (unpaired) electrons. The van der Waals surface area contributed by atoms with Crippen molar-refractivity contribution in [3.05, 3.63) is 65.2 Å². The maximum Gasteiger partial charge on any atom is 0.242 e. The molecule has 0 aromatic heterocycles. The molecule has 1 N–H and O–H groups in total. The Hall–Kier alpha value is -2.58. The highest BCUT2D eigenvalue weighted by atomic mass is 35.5. The summed E-state index contributed by atoms with van der Waals surface area (Å²) in [5, 5.41) is 3.16. The van der Waals surface area contributed by atoms with Crippen LogP contribution in [0.1, 0.15) is 25.3 Å². The first-order valence-corrected chi connectivity index (χ1v) is 12.1. The van der Waals surface area contributed by atoms with Gasteiger partial charge in [-0.2, -0.15) is 0 Å². The predicted octanol–water partition coefficient (Wildman–Crippen LogP) is 3.05. The van der Waals surface area contributed by atoms with E-state index in [2.05, 4.69) is 5.32 Å². The molecule has 9 heteroatoms. The van der Waals surface area contributed by atoms with Crippen LogP contribution in [-0.2, 0) is 26.2 Å². The van der Waals surface area contributed by atoms with E-state index < -0.39 is 16.1 Å². The summed E-state index contributed by atoms with van der Waals surface area (Å²) in [6, 6.07) is 15.2. The second-order valence-electron chi connectivity index (χ2n) is 7.21. The number of hydrogen-bond donors (Lipinski definition) is 1. The molecule has 2 amide bonds. The van der Waals surface area contributed by atoms with E-state index in [0.717, 1.165) is 11.8 Å². The van der Waals surface area contributed by atoms with E-state index in [1.165, 1.54) is 16.3 Å². The number of sulfonamides is 1.